The first-order valence-corrected chi connectivity index (χ1v) is 9.42. The second-order valence-corrected chi connectivity index (χ2v) is 7.34. The molecule has 0 saturated carbocycles. The molecule has 1 fully saturated rings. The van der Waals surface area contributed by atoms with Crippen LogP contribution in [0.3, 0.4) is 0 Å². The van der Waals surface area contributed by atoms with Crippen LogP contribution in [-0.2, 0) is 16.0 Å². The van der Waals surface area contributed by atoms with Gasteiger partial charge in [0.2, 0.25) is 5.91 Å². The van der Waals surface area contributed by atoms with E-state index in [1.807, 2.05) is 47.8 Å². The van der Waals surface area contributed by atoms with Gasteiger partial charge >= 0.3 is 0 Å². The van der Waals surface area contributed by atoms with Crippen LogP contribution in [0.15, 0.2) is 52.7 Å². The van der Waals surface area contributed by atoms with Crippen molar-refractivity contribution >= 4 is 46.2 Å². The standard InChI is InChI=1S/C18H16N2O3S2/c21-16(19-9-8-13-5-2-1-3-6-13)12-20-17(22)15(25-18(20)23)11-14-7-4-10-24-14/h1-7,10-11H,8-9,12H2,(H,19,21)/b15-11-. The summed E-state index contributed by atoms with van der Waals surface area (Å²) < 4.78 is 0. The summed E-state index contributed by atoms with van der Waals surface area (Å²) in [6, 6.07) is 13.5. The fraction of sp³-hybridized carbons (Fsp3) is 0.167. The summed E-state index contributed by atoms with van der Waals surface area (Å²) in [5.41, 5.74) is 1.12. The van der Waals surface area contributed by atoms with E-state index in [0.29, 0.717) is 17.9 Å². The maximum absolute atomic E-state index is 12.3. The molecule has 1 N–H and O–H groups in total. The van der Waals surface area contributed by atoms with Gasteiger partial charge in [-0.25, -0.2) is 0 Å². The Morgan fingerprint density at radius 1 is 1.12 bits per heavy atom. The van der Waals surface area contributed by atoms with Gasteiger partial charge in [-0.05, 0) is 41.3 Å². The first-order valence-electron chi connectivity index (χ1n) is 7.73. The third-order valence-electron chi connectivity index (χ3n) is 3.57. The highest BCUT2D eigenvalue weighted by atomic mass is 32.2. The number of benzene rings is 1. The number of thiophene rings is 1. The zero-order valence-electron chi connectivity index (χ0n) is 13.3. The van der Waals surface area contributed by atoms with Gasteiger partial charge in [-0.1, -0.05) is 36.4 Å². The Hall–Kier alpha value is -2.38. The van der Waals surface area contributed by atoms with E-state index in [2.05, 4.69) is 5.32 Å². The summed E-state index contributed by atoms with van der Waals surface area (Å²) >= 11 is 2.35. The Morgan fingerprint density at radius 2 is 1.92 bits per heavy atom. The molecule has 1 aliphatic rings. The van der Waals surface area contributed by atoms with Crippen LogP contribution in [-0.4, -0.2) is 35.0 Å². The second-order valence-electron chi connectivity index (χ2n) is 5.37. The van der Waals surface area contributed by atoms with Gasteiger partial charge in [0.15, 0.2) is 0 Å². The maximum Gasteiger partial charge on any atom is 0.294 e. The number of imide groups is 1. The summed E-state index contributed by atoms with van der Waals surface area (Å²) in [4.78, 5) is 38.6. The largest absolute Gasteiger partial charge is 0.354 e. The minimum atomic E-state index is -0.415. The van der Waals surface area contributed by atoms with Crippen molar-refractivity contribution in [3.63, 3.8) is 0 Å². The topological polar surface area (TPSA) is 66.5 Å². The lowest BCUT2D eigenvalue weighted by Crippen LogP contribution is -2.40. The van der Waals surface area contributed by atoms with Gasteiger partial charge in [-0.15, -0.1) is 11.3 Å². The molecule has 1 aliphatic heterocycles. The van der Waals surface area contributed by atoms with Gasteiger partial charge in [0, 0.05) is 11.4 Å². The summed E-state index contributed by atoms with van der Waals surface area (Å²) in [6.07, 6.45) is 2.38. The zero-order valence-corrected chi connectivity index (χ0v) is 14.9. The minimum absolute atomic E-state index is 0.249. The molecular weight excluding hydrogens is 356 g/mol. The van der Waals surface area contributed by atoms with E-state index >= 15 is 0 Å². The Labute approximate surface area is 153 Å². The van der Waals surface area contributed by atoms with E-state index in [9.17, 15) is 14.4 Å². The van der Waals surface area contributed by atoms with Gasteiger partial charge in [-0.3, -0.25) is 19.3 Å². The summed E-state index contributed by atoms with van der Waals surface area (Å²) in [6.45, 7) is 0.214. The Kier molecular flexibility index (Phi) is 5.67. The van der Waals surface area contributed by atoms with Gasteiger partial charge in [-0.2, -0.15) is 0 Å². The van der Waals surface area contributed by atoms with E-state index in [1.165, 1.54) is 11.3 Å². The molecule has 5 nitrogen and oxygen atoms in total. The molecule has 2 aromatic rings. The lowest BCUT2D eigenvalue weighted by Gasteiger charge is -2.12. The number of nitrogens with one attached hydrogen (secondary N) is 1. The second kappa shape index (κ2) is 8.13. The Bertz CT molecular complexity index is 801. The molecule has 0 unspecified atom stereocenters. The van der Waals surface area contributed by atoms with Gasteiger partial charge in [0.25, 0.3) is 11.1 Å². The first kappa shape index (κ1) is 17.4. The normalized spacial score (nSPS) is 15.8. The predicted octanol–water partition coefficient (Wildman–Crippen LogP) is 3.14. The number of carbonyl (C=O) groups excluding carboxylic acids is 3. The fourth-order valence-electron chi connectivity index (χ4n) is 2.33. The van der Waals surface area contributed by atoms with Crippen LogP contribution in [0, 0.1) is 0 Å². The molecule has 0 aliphatic carbocycles. The number of hydrogen-bond acceptors (Lipinski definition) is 5. The van der Waals surface area contributed by atoms with Crippen LogP contribution < -0.4 is 5.32 Å². The molecule has 0 bridgehead atoms. The van der Waals surface area contributed by atoms with Gasteiger partial charge < -0.3 is 5.32 Å². The smallest absolute Gasteiger partial charge is 0.294 e. The molecule has 7 heteroatoms. The average molecular weight is 372 g/mol. The van der Waals surface area contributed by atoms with Gasteiger partial charge in [0.05, 0.1) is 4.91 Å². The van der Waals surface area contributed by atoms with Crippen LogP contribution in [0.1, 0.15) is 10.4 Å². The third kappa shape index (κ3) is 4.58. The quantitative estimate of drug-likeness (QED) is 0.791. The third-order valence-corrected chi connectivity index (χ3v) is 5.30. The molecule has 3 amide bonds. The Morgan fingerprint density at radius 3 is 2.64 bits per heavy atom. The molecule has 0 atom stereocenters. The maximum atomic E-state index is 12.3. The molecule has 1 aromatic heterocycles. The highest BCUT2D eigenvalue weighted by Crippen LogP contribution is 2.32. The number of thioether (sulfide) groups is 1. The molecule has 1 saturated heterocycles. The summed E-state index contributed by atoms with van der Waals surface area (Å²) in [5.74, 6) is -0.753. The molecule has 128 valence electrons. The van der Waals surface area contributed by atoms with E-state index < -0.39 is 11.1 Å². The van der Waals surface area contributed by atoms with Crippen LogP contribution in [0.4, 0.5) is 4.79 Å². The number of nitrogens with zero attached hydrogens (tertiary/aromatic N) is 1. The zero-order chi connectivity index (χ0) is 17.6. The van der Waals surface area contributed by atoms with Crippen LogP contribution in [0.5, 0.6) is 0 Å². The highest BCUT2D eigenvalue weighted by Gasteiger charge is 2.36. The monoisotopic (exact) mass is 372 g/mol. The first-order chi connectivity index (χ1) is 12.1. The number of carbonyl (C=O) groups is 3. The van der Waals surface area contributed by atoms with Crippen molar-refractivity contribution in [2.24, 2.45) is 0 Å². The molecular formula is C18H16N2O3S2. The SMILES string of the molecule is O=C(CN1C(=O)S/C(=C\c2cccs2)C1=O)NCCc1ccccc1. The lowest BCUT2D eigenvalue weighted by molar-refractivity contribution is -0.129. The highest BCUT2D eigenvalue weighted by molar-refractivity contribution is 8.18. The predicted molar refractivity (Wildman–Crippen MR) is 100 cm³/mol. The van der Waals surface area contributed by atoms with Crippen LogP contribution >= 0.6 is 23.1 Å². The van der Waals surface area contributed by atoms with Crippen LogP contribution in [0.2, 0.25) is 0 Å². The lowest BCUT2D eigenvalue weighted by atomic mass is 10.1. The molecule has 0 spiro atoms. The molecule has 0 radical (unpaired) electrons. The minimum Gasteiger partial charge on any atom is -0.354 e. The summed E-state index contributed by atoms with van der Waals surface area (Å²) in [5, 5.41) is 4.24. The number of hydrogen-bond donors (Lipinski definition) is 1. The molecule has 1 aromatic carbocycles. The molecule has 2 heterocycles. The van der Waals surface area contributed by atoms with Crippen molar-refractivity contribution in [1.82, 2.24) is 10.2 Å². The van der Waals surface area contributed by atoms with Crippen molar-refractivity contribution in [3.05, 3.63) is 63.2 Å². The number of amides is 3. The van der Waals surface area contributed by atoms with Gasteiger partial charge in [0.1, 0.15) is 6.54 Å². The average Bonchev–Trinajstić information content (AvgIpc) is 3.20. The molecule has 25 heavy (non-hydrogen) atoms. The van der Waals surface area contributed by atoms with E-state index in [4.69, 9.17) is 0 Å². The molecule has 3 rings (SSSR count). The van der Waals surface area contributed by atoms with E-state index in [-0.39, 0.29) is 12.5 Å². The van der Waals surface area contributed by atoms with Crippen molar-refractivity contribution in [3.8, 4) is 0 Å². The van der Waals surface area contributed by atoms with Crippen molar-refractivity contribution < 1.29 is 14.4 Å². The summed E-state index contributed by atoms with van der Waals surface area (Å²) in [7, 11) is 0. The van der Waals surface area contributed by atoms with Crippen LogP contribution in [0.25, 0.3) is 6.08 Å². The van der Waals surface area contributed by atoms with Crippen molar-refractivity contribution in [2.75, 3.05) is 13.1 Å². The van der Waals surface area contributed by atoms with Crippen molar-refractivity contribution in [1.29, 1.82) is 0 Å². The number of rotatable bonds is 6. The van der Waals surface area contributed by atoms with Crippen molar-refractivity contribution in [2.45, 2.75) is 6.42 Å². The Balaban J connectivity index is 1.52. The van der Waals surface area contributed by atoms with E-state index in [0.717, 1.165) is 27.1 Å². The fourth-order valence-corrected chi connectivity index (χ4v) is 3.89. The van der Waals surface area contributed by atoms with E-state index in [1.54, 1.807) is 6.08 Å².